The van der Waals surface area contributed by atoms with Crippen molar-refractivity contribution in [2.45, 2.75) is 39.5 Å². The highest BCUT2D eigenvalue weighted by molar-refractivity contribution is 14.0. The molecular formula is C20H36IN7. The SMILES string of the molecule is CCNC(=NCC1(CC)CCC1)NCCN1CCN(c2ncccn2)CC1.I. The van der Waals surface area contributed by atoms with E-state index < -0.39 is 0 Å². The fraction of sp³-hybridized carbons (Fsp3) is 0.750. The van der Waals surface area contributed by atoms with Gasteiger partial charge in [0.2, 0.25) is 5.95 Å². The Hall–Kier alpha value is -1.16. The minimum absolute atomic E-state index is 0. The molecule has 2 N–H and O–H groups in total. The Morgan fingerprint density at radius 2 is 1.82 bits per heavy atom. The summed E-state index contributed by atoms with van der Waals surface area (Å²) in [5.41, 5.74) is 0.470. The van der Waals surface area contributed by atoms with E-state index in [1.807, 2.05) is 18.5 Å². The van der Waals surface area contributed by atoms with Crippen molar-refractivity contribution in [3.8, 4) is 0 Å². The lowest BCUT2D eigenvalue weighted by atomic mass is 9.67. The largest absolute Gasteiger partial charge is 0.357 e. The van der Waals surface area contributed by atoms with Crippen LogP contribution in [0.2, 0.25) is 0 Å². The van der Waals surface area contributed by atoms with E-state index in [-0.39, 0.29) is 24.0 Å². The minimum atomic E-state index is 0. The Balaban J connectivity index is 0.00000280. The van der Waals surface area contributed by atoms with Crippen molar-refractivity contribution >= 4 is 35.9 Å². The van der Waals surface area contributed by atoms with E-state index in [0.29, 0.717) is 5.41 Å². The first kappa shape index (κ1) is 23.1. The highest BCUT2D eigenvalue weighted by Crippen LogP contribution is 2.43. The van der Waals surface area contributed by atoms with Crippen LogP contribution in [-0.2, 0) is 0 Å². The van der Waals surface area contributed by atoms with E-state index >= 15 is 0 Å². The normalized spacial score (nSPS) is 19.5. The van der Waals surface area contributed by atoms with Crippen LogP contribution in [0.25, 0.3) is 0 Å². The summed E-state index contributed by atoms with van der Waals surface area (Å²) < 4.78 is 0. The predicted molar refractivity (Wildman–Crippen MR) is 127 cm³/mol. The topological polar surface area (TPSA) is 68.7 Å². The van der Waals surface area contributed by atoms with Gasteiger partial charge in [-0.15, -0.1) is 24.0 Å². The van der Waals surface area contributed by atoms with Gasteiger partial charge >= 0.3 is 0 Å². The van der Waals surface area contributed by atoms with Crippen molar-refractivity contribution in [1.82, 2.24) is 25.5 Å². The number of anilines is 1. The van der Waals surface area contributed by atoms with Gasteiger partial charge < -0.3 is 15.5 Å². The molecule has 7 nitrogen and oxygen atoms in total. The molecule has 0 aromatic carbocycles. The molecule has 1 aliphatic carbocycles. The number of hydrogen-bond donors (Lipinski definition) is 2. The second-order valence-electron chi connectivity index (χ2n) is 7.71. The van der Waals surface area contributed by atoms with Crippen LogP contribution in [0.3, 0.4) is 0 Å². The molecule has 0 radical (unpaired) electrons. The van der Waals surface area contributed by atoms with Gasteiger partial charge in [0.05, 0.1) is 0 Å². The van der Waals surface area contributed by atoms with E-state index in [4.69, 9.17) is 4.99 Å². The number of aromatic nitrogens is 2. The van der Waals surface area contributed by atoms with E-state index in [9.17, 15) is 0 Å². The fourth-order valence-electron chi connectivity index (χ4n) is 3.85. The van der Waals surface area contributed by atoms with Gasteiger partial charge in [0.15, 0.2) is 5.96 Å². The van der Waals surface area contributed by atoms with Crippen molar-refractivity contribution < 1.29 is 0 Å². The smallest absolute Gasteiger partial charge is 0.225 e. The first-order chi connectivity index (χ1) is 13.2. The molecule has 1 saturated heterocycles. The van der Waals surface area contributed by atoms with Crippen molar-refractivity contribution in [3.05, 3.63) is 18.5 Å². The number of aliphatic imine (C=N–C) groups is 1. The van der Waals surface area contributed by atoms with Crippen LogP contribution in [0.4, 0.5) is 5.95 Å². The molecule has 0 bridgehead atoms. The third-order valence-corrected chi connectivity index (χ3v) is 6.01. The molecule has 158 valence electrons. The van der Waals surface area contributed by atoms with Crippen LogP contribution in [0.1, 0.15) is 39.5 Å². The number of hydrogen-bond acceptors (Lipinski definition) is 5. The molecule has 2 aliphatic rings. The highest BCUT2D eigenvalue weighted by Gasteiger charge is 2.34. The number of piperazine rings is 1. The third kappa shape index (κ3) is 6.43. The Bertz CT molecular complexity index is 578. The maximum Gasteiger partial charge on any atom is 0.225 e. The highest BCUT2D eigenvalue weighted by atomic mass is 127. The molecule has 1 aliphatic heterocycles. The zero-order valence-electron chi connectivity index (χ0n) is 17.4. The second-order valence-corrected chi connectivity index (χ2v) is 7.71. The van der Waals surface area contributed by atoms with Gasteiger partial charge in [-0.25, -0.2) is 9.97 Å². The Morgan fingerprint density at radius 3 is 2.39 bits per heavy atom. The van der Waals surface area contributed by atoms with Gasteiger partial charge in [-0.05, 0) is 37.7 Å². The van der Waals surface area contributed by atoms with E-state index in [1.165, 1.54) is 25.7 Å². The molecule has 2 heterocycles. The Morgan fingerprint density at radius 1 is 1.11 bits per heavy atom. The predicted octanol–water partition coefficient (Wildman–Crippen LogP) is 2.35. The first-order valence-electron chi connectivity index (χ1n) is 10.5. The summed E-state index contributed by atoms with van der Waals surface area (Å²) in [5, 5.41) is 6.90. The van der Waals surface area contributed by atoms with Crippen LogP contribution in [0.5, 0.6) is 0 Å². The Labute approximate surface area is 186 Å². The monoisotopic (exact) mass is 501 g/mol. The summed E-state index contributed by atoms with van der Waals surface area (Å²) in [6.45, 7) is 12.3. The van der Waals surface area contributed by atoms with E-state index in [1.54, 1.807) is 0 Å². The van der Waals surface area contributed by atoms with E-state index in [0.717, 1.165) is 64.3 Å². The van der Waals surface area contributed by atoms with Crippen LogP contribution >= 0.6 is 24.0 Å². The van der Waals surface area contributed by atoms with Crippen LogP contribution in [0, 0.1) is 5.41 Å². The lowest BCUT2D eigenvalue weighted by Gasteiger charge is -2.40. The summed E-state index contributed by atoms with van der Waals surface area (Å²) in [6.07, 6.45) is 8.90. The van der Waals surface area contributed by atoms with Crippen molar-refractivity contribution in [1.29, 1.82) is 0 Å². The van der Waals surface area contributed by atoms with Gasteiger partial charge in [-0.3, -0.25) is 9.89 Å². The summed E-state index contributed by atoms with van der Waals surface area (Å²) in [7, 11) is 0. The summed E-state index contributed by atoms with van der Waals surface area (Å²) >= 11 is 0. The molecule has 0 unspecified atom stereocenters. The van der Waals surface area contributed by atoms with Gasteiger partial charge in [-0.2, -0.15) is 0 Å². The summed E-state index contributed by atoms with van der Waals surface area (Å²) in [5.74, 6) is 1.81. The zero-order chi connectivity index (χ0) is 19.0. The maximum absolute atomic E-state index is 4.86. The summed E-state index contributed by atoms with van der Waals surface area (Å²) in [4.78, 5) is 18.3. The Kier molecular flexibility index (Phi) is 9.70. The molecule has 0 spiro atoms. The van der Waals surface area contributed by atoms with Crippen LogP contribution < -0.4 is 15.5 Å². The molecule has 2 fully saturated rings. The molecule has 8 heteroatoms. The van der Waals surface area contributed by atoms with Crippen LogP contribution in [0.15, 0.2) is 23.5 Å². The van der Waals surface area contributed by atoms with Gasteiger partial charge in [0.1, 0.15) is 0 Å². The number of rotatable bonds is 8. The molecular weight excluding hydrogens is 465 g/mol. The summed E-state index contributed by atoms with van der Waals surface area (Å²) in [6, 6.07) is 1.86. The number of guanidine groups is 1. The van der Waals surface area contributed by atoms with Crippen molar-refractivity contribution in [3.63, 3.8) is 0 Å². The third-order valence-electron chi connectivity index (χ3n) is 6.01. The number of nitrogens with zero attached hydrogens (tertiary/aromatic N) is 5. The quantitative estimate of drug-likeness (QED) is 0.324. The maximum atomic E-state index is 4.86. The molecule has 28 heavy (non-hydrogen) atoms. The average molecular weight is 501 g/mol. The average Bonchev–Trinajstić information content (AvgIpc) is 2.68. The van der Waals surface area contributed by atoms with Gasteiger partial charge in [0.25, 0.3) is 0 Å². The standard InChI is InChI=1S/C20H35N7.HI/c1-3-20(7-5-8-20)17-25-18(21-4-2)22-11-12-26-13-15-27(16-14-26)19-23-9-6-10-24-19;/h6,9-10H,3-5,7-8,11-17H2,1-2H3,(H2,21,22,25);1H. The fourth-order valence-corrected chi connectivity index (χ4v) is 3.85. The molecule has 0 atom stereocenters. The van der Waals surface area contributed by atoms with Gasteiger partial charge in [0, 0.05) is 64.8 Å². The van der Waals surface area contributed by atoms with Gasteiger partial charge in [-0.1, -0.05) is 13.3 Å². The molecule has 0 amide bonds. The number of halogens is 1. The molecule has 1 saturated carbocycles. The first-order valence-corrected chi connectivity index (χ1v) is 10.5. The number of nitrogens with one attached hydrogen (secondary N) is 2. The zero-order valence-corrected chi connectivity index (χ0v) is 19.7. The van der Waals surface area contributed by atoms with E-state index in [2.05, 4.69) is 44.2 Å². The molecule has 1 aromatic heterocycles. The second kappa shape index (κ2) is 11.7. The lowest BCUT2D eigenvalue weighted by Crippen LogP contribution is -2.49. The van der Waals surface area contributed by atoms with Crippen LogP contribution in [-0.4, -0.2) is 73.2 Å². The molecule has 3 rings (SSSR count). The lowest BCUT2D eigenvalue weighted by molar-refractivity contribution is 0.139. The van der Waals surface area contributed by atoms with Crippen molar-refractivity contribution in [2.75, 3.05) is 57.3 Å². The molecule has 1 aromatic rings. The minimum Gasteiger partial charge on any atom is -0.357 e. The van der Waals surface area contributed by atoms with Crippen molar-refractivity contribution in [2.24, 2.45) is 10.4 Å².